The lowest BCUT2D eigenvalue weighted by Crippen LogP contribution is -2.55. The van der Waals surface area contributed by atoms with Crippen LogP contribution in [-0.2, 0) is 6.42 Å². The smallest absolute Gasteiger partial charge is 0.213 e. The first-order chi connectivity index (χ1) is 19.0. The van der Waals surface area contributed by atoms with Gasteiger partial charge in [0.05, 0.1) is 24.9 Å². The van der Waals surface area contributed by atoms with Gasteiger partial charge in [-0.1, -0.05) is 12.2 Å². The number of hydrogen-bond acceptors (Lipinski definition) is 7. The summed E-state index contributed by atoms with van der Waals surface area (Å²) in [6.07, 6.45) is 9.41. The Morgan fingerprint density at radius 2 is 2.05 bits per heavy atom. The lowest BCUT2D eigenvalue weighted by Gasteiger charge is -2.52. The number of aromatic nitrogens is 2. The van der Waals surface area contributed by atoms with Crippen molar-refractivity contribution in [1.82, 2.24) is 15.3 Å². The third-order valence-corrected chi connectivity index (χ3v) is 8.43. The number of pyridine rings is 2. The molecule has 1 saturated carbocycles. The topological polar surface area (TPSA) is 90.7 Å². The molecule has 3 unspecified atom stereocenters. The van der Waals surface area contributed by atoms with Gasteiger partial charge < -0.3 is 25.2 Å². The summed E-state index contributed by atoms with van der Waals surface area (Å²) in [4.78, 5) is 11.6. The first-order valence-electron chi connectivity index (χ1n) is 13.6. The van der Waals surface area contributed by atoms with E-state index in [4.69, 9.17) is 9.72 Å². The minimum atomic E-state index is -0.455. The molecule has 0 bridgehead atoms. The molecule has 3 heterocycles. The second-order valence-corrected chi connectivity index (χ2v) is 10.7. The van der Waals surface area contributed by atoms with Crippen LogP contribution in [0, 0.1) is 23.0 Å². The van der Waals surface area contributed by atoms with Gasteiger partial charge in [0.25, 0.3) is 0 Å². The van der Waals surface area contributed by atoms with Crippen molar-refractivity contribution in [1.29, 1.82) is 0 Å². The summed E-state index contributed by atoms with van der Waals surface area (Å²) in [6.45, 7) is 2.27. The van der Waals surface area contributed by atoms with Crippen LogP contribution in [0.4, 0.5) is 14.5 Å². The molecule has 0 amide bonds. The summed E-state index contributed by atoms with van der Waals surface area (Å²) in [7, 11) is 1.58. The van der Waals surface area contributed by atoms with Gasteiger partial charge in [0, 0.05) is 55.5 Å². The molecule has 7 nitrogen and oxygen atoms in total. The molecule has 39 heavy (non-hydrogen) atoms. The highest BCUT2D eigenvalue weighted by Gasteiger charge is 2.46. The van der Waals surface area contributed by atoms with E-state index in [1.165, 1.54) is 6.07 Å². The van der Waals surface area contributed by atoms with Gasteiger partial charge in [-0.3, -0.25) is 4.98 Å². The Kier molecular flexibility index (Phi) is 8.40. The molecule has 2 aromatic heterocycles. The van der Waals surface area contributed by atoms with Crippen molar-refractivity contribution >= 4 is 22.8 Å². The van der Waals surface area contributed by atoms with E-state index in [1.807, 2.05) is 18.2 Å². The van der Waals surface area contributed by atoms with Gasteiger partial charge in [-0.2, -0.15) is 0 Å². The molecule has 9 heteroatoms. The molecule has 0 spiro atoms. The number of benzene rings is 1. The molecule has 1 saturated heterocycles. The predicted octanol–water partition coefficient (Wildman–Crippen LogP) is 4.11. The van der Waals surface area contributed by atoms with Gasteiger partial charge >= 0.3 is 0 Å². The zero-order chi connectivity index (χ0) is 27.4. The maximum atomic E-state index is 13.9. The van der Waals surface area contributed by atoms with Gasteiger partial charge in [0.1, 0.15) is 17.2 Å². The summed E-state index contributed by atoms with van der Waals surface area (Å²) >= 11 is 0. The van der Waals surface area contributed by atoms with Crippen LogP contribution in [0.15, 0.2) is 42.6 Å². The molecule has 1 aliphatic carbocycles. The van der Waals surface area contributed by atoms with Crippen LogP contribution in [-0.4, -0.2) is 66.2 Å². The van der Waals surface area contributed by atoms with Gasteiger partial charge in [-0.05, 0) is 67.9 Å². The van der Waals surface area contributed by atoms with Crippen molar-refractivity contribution in [3.05, 3.63) is 65.4 Å². The lowest BCUT2D eigenvalue weighted by atomic mass is 9.62. The monoisotopic (exact) mass is 538 g/mol. The van der Waals surface area contributed by atoms with Crippen LogP contribution < -0.4 is 15.0 Å². The van der Waals surface area contributed by atoms with Crippen LogP contribution in [0.2, 0.25) is 0 Å². The molecule has 3 aromatic rings. The number of nitrogens with zero attached hydrogens (tertiary/aromatic N) is 3. The van der Waals surface area contributed by atoms with E-state index in [-0.39, 0.29) is 24.2 Å². The summed E-state index contributed by atoms with van der Waals surface area (Å²) in [5, 5.41) is 23.7. The summed E-state index contributed by atoms with van der Waals surface area (Å²) < 4.78 is 32.7. The highest BCUT2D eigenvalue weighted by atomic mass is 19.1. The fourth-order valence-corrected chi connectivity index (χ4v) is 6.31. The van der Waals surface area contributed by atoms with E-state index in [9.17, 15) is 19.0 Å². The van der Waals surface area contributed by atoms with E-state index >= 15 is 0 Å². The van der Waals surface area contributed by atoms with Gasteiger partial charge in [0.2, 0.25) is 5.88 Å². The second kappa shape index (κ2) is 11.9. The molecule has 1 aliphatic heterocycles. The van der Waals surface area contributed by atoms with Crippen LogP contribution in [0.1, 0.15) is 36.8 Å². The van der Waals surface area contributed by atoms with Crippen molar-refractivity contribution in [2.24, 2.45) is 11.3 Å². The highest BCUT2D eigenvalue weighted by molar-refractivity contribution is 5.90. The largest absolute Gasteiger partial charge is 0.481 e. The average molecular weight is 539 g/mol. The Hall–Kier alpha value is -3.14. The van der Waals surface area contributed by atoms with Gasteiger partial charge in [-0.15, -0.1) is 0 Å². The van der Waals surface area contributed by atoms with Crippen LogP contribution in [0.25, 0.3) is 17.1 Å². The molecule has 2 fully saturated rings. The second-order valence-electron chi connectivity index (χ2n) is 10.7. The number of ether oxygens (including phenoxy) is 1. The molecule has 3 atom stereocenters. The van der Waals surface area contributed by atoms with E-state index < -0.39 is 11.6 Å². The molecule has 3 N–H and O–H groups in total. The quantitative estimate of drug-likeness (QED) is 0.378. The fraction of sp³-hybridized carbons (Fsp3) is 0.467. The van der Waals surface area contributed by atoms with Crippen LogP contribution >= 0.6 is 0 Å². The highest BCUT2D eigenvalue weighted by Crippen LogP contribution is 2.47. The van der Waals surface area contributed by atoms with Crippen LogP contribution in [0.3, 0.4) is 0 Å². The lowest BCUT2D eigenvalue weighted by molar-refractivity contribution is 0.00193. The Morgan fingerprint density at radius 3 is 2.85 bits per heavy atom. The zero-order valence-corrected chi connectivity index (χ0v) is 22.2. The van der Waals surface area contributed by atoms with E-state index in [2.05, 4.69) is 15.2 Å². The Labute approximate surface area is 227 Å². The van der Waals surface area contributed by atoms with Crippen molar-refractivity contribution in [3.8, 4) is 5.88 Å². The molecular formula is C30H36F2N4O3. The summed E-state index contributed by atoms with van der Waals surface area (Å²) in [5.74, 6) is -0.0313. The van der Waals surface area contributed by atoms with Crippen molar-refractivity contribution < 1.29 is 23.7 Å². The number of rotatable bonds is 9. The van der Waals surface area contributed by atoms with Crippen molar-refractivity contribution in [2.45, 2.75) is 38.1 Å². The van der Waals surface area contributed by atoms with E-state index in [1.54, 1.807) is 19.4 Å². The molecule has 1 aromatic carbocycles. The zero-order valence-electron chi connectivity index (χ0n) is 22.2. The minimum absolute atomic E-state index is 0.0138. The Balaban J connectivity index is 1.27. The normalized spacial score (nSPS) is 23.4. The first-order valence-corrected chi connectivity index (χ1v) is 13.6. The number of hydrogen-bond donors (Lipinski definition) is 3. The molecule has 208 valence electrons. The molecular weight excluding hydrogens is 502 g/mol. The number of anilines is 1. The number of halogens is 2. The summed E-state index contributed by atoms with van der Waals surface area (Å²) in [6, 6.07) is 7.56. The van der Waals surface area contributed by atoms with Gasteiger partial charge in [0.15, 0.2) is 0 Å². The first kappa shape index (κ1) is 27.4. The van der Waals surface area contributed by atoms with E-state index in [0.717, 1.165) is 73.2 Å². The van der Waals surface area contributed by atoms with E-state index in [0.29, 0.717) is 30.8 Å². The number of fused-ring (bicyclic) bond motifs is 2. The maximum Gasteiger partial charge on any atom is 0.213 e. The number of aliphatic hydroxyl groups excluding tert-OH is 2. The van der Waals surface area contributed by atoms with Crippen LogP contribution in [0.5, 0.6) is 5.88 Å². The maximum absolute atomic E-state index is 13.9. The fourth-order valence-electron chi connectivity index (χ4n) is 6.31. The number of methoxy groups -OCH3 is 1. The Morgan fingerprint density at radius 1 is 1.18 bits per heavy atom. The molecule has 0 radical (unpaired) electrons. The number of nitrogens with one attached hydrogen (secondary N) is 1. The van der Waals surface area contributed by atoms with Crippen molar-refractivity contribution in [2.75, 3.05) is 44.9 Å². The predicted molar refractivity (Wildman–Crippen MR) is 148 cm³/mol. The number of aliphatic hydroxyl groups is 2. The molecule has 5 rings (SSSR count). The van der Waals surface area contributed by atoms with Crippen molar-refractivity contribution in [3.63, 3.8) is 0 Å². The molecule has 2 aliphatic rings. The SMILES string of the molecule is COc1cc(CCO)c2nccc(N3CCC4CC(NCC=Cc5cc(F)ccc5F)CCC4(CO)C3)c2n1. The third-order valence-electron chi connectivity index (χ3n) is 8.43. The number of piperidine rings is 1. The average Bonchev–Trinajstić information content (AvgIpc) is 2.96. The third kappa shape index (κ3) is 5.76. The standard InChI is InChI=1S/C30H36F2N4O3/c1-39-27-16-21(9-14-37)28-29(35-27)26(7-12-34-28)36-13-8-22-17-24(6-10-30(22,18-36)19-38)33-11-2-3-20-15-23(31)4-5-25(20)32/h2-5,7,12,15-16,22,24,33,37-38H,6,8-11,13-14,17-19H2,1H3. The Bertz CT molecular complexity index is 1340. The minimum Gasteiger partial charge on any atom is -0.481 e. The summed E-state index contributed by atoms with van der Waals surface area (Å²) in [5.41, 5.74) is 3.42. The van der Waals surface area contributed by atoms with Gasteiger partial charge in [-0.25, -0.2) is 13.8 Å².